The summed E-state index contributed by atoms with van der Waals surface area (Å²) in [6.07, 6.45) is 4.19. The van der Waals surface area contributed by atoms with Crippen molar-refractivity contribution in [2.24, 2.45) is 5.92 Å². The zero-order chi connectivity index (χ0) is 21.1. The number of aromatic nitrogens is 3. The third kappa shape index (κ3) is 4.72. The summed E-state index contributed by atoms with van der Waals surface area (Å²) in [7, 11) is 0. The first kappa shape index (κ1) is 20.6. The highest BCUT2D eigenvalue weighted by Crippen LogP contribution is 2.22. The molecule has 2 aliphatic heterocycles. The van der Waals surface area contributed by atoms with Gasteiger partial charge in [-0.2, -0.15) is 5.10 Å². The fourth-order valence-electron chi connectivity index (χ4n) is 4.27. The van der Waals surface area contributed by atoms with Crippen LogP contribution in [-0.2, 0) is 6.54 Å². The van der Waals surface area contributed by atoms with Crippen LogP contribution in [0.3, 0.4) is 0 Å². The summed E-state index contributed by atoms with van der Waals surface area (Å²) in [5.74, 6) is 2.00. The Balaban J connectivity index is 1.40. The zero-order valence-corrected chi connectivity index (χ0v) is 17.7. The zero-order valence-electron chi connectivity index (χ0n) is 17.7. The minimum absolute atomic E-state index is 0.0133. The Kier molecular flexibility index (Phi) is 6.17. The lowest BCUT2D eigenvalue weighted by Crippen LogP contribution is -2.48. The summed E-state index contributed by atoms with van der Waals surface area (Å²) < 4.78 is 5.38. The van der Waals surface area contributed by atoms with E-state index in [9.17, 15) is 9.59 Å². The van der Waals surface area contributed by atoms with Crippen LogP contribution in [0, 0.1) is 12.8 Å². The van der Waals surface area contributed by atoms with E-state index in [1.54, 1.807) is 6.07 Å². The second-order valence-electron chi connectivity index (χ2n) is 8.56. The highest BCUT2D eigenvalue weighted by molar-refractivity contribution is 5.94. The molecule has 0 bridgehead atoms. The summed E-state index contributed by atoms with van der Waals surface area (Å²) in [5.41, 5.74) is 1.06. The molecule has 9 heteroatoms. The highest BCUT2D eigenvalue weighted by Gasteiger charge is 2.27. The van der Waals surface area contributed by atoms with Gasteiger partial charge in [-0.05, 0) is 57.7 Å². The van der Waals surface area contributed by atoms with Crippen molar-refractivity contribution >= 4 is 11.7 Å². The Morgan fingerprint density at radius 1 is 1.27 bits per heavy atom. The number of aryl methyl sites for hydroxylation is 1. The number of amides is 1. The number of anilines is 1. The van der Waals surface area contributed by atoms with Crippen LogP contribution in [0.15, 0.2) is 21.5 Å². The van der Waals surface area contributed by atoms with Gasteiger partial charge in [0, 0.05) is 37.3 Å². The van der Waals surface area contributed by atoms with Crippen molar-refractivity contribution in [3.05, 3.63) is 39.5 Å². The van der Waals surface area contributed by atoms with Gasteiger partial charge in [-0.25, -0.2) is 5.10 Å². The van der Waals surface area contributed by atoms with E-state index in [-0.39, 0.29) is 17.5 Å². The number of likely N-dealkylation sites (tertiary alicyclic amines) is 1. The van der Waals surface area contributed by atoms with E-state index >= 15 is 0 Å². The molecule has 0 saturated carbocycles. The molecule has 2 aromatic rings. The molecule has 30 heavy (non-hydrogen) atoms. The second-order valence-corrected chi connectivity index (χ2v) is 8.56. The minimum atomic E-state index is -0.224. The minimum Gasteiger partial charge on any atom is -0.361 e. The predicted molar refractivity (Wildman–Crippen MR) is 112 cm³/mol. The normalized spacial score (nSPS) is 21.0. The predicted octanol–water partition coefficient (Wildman–Crippen LogP) is 1.70. The lowest BCUT2D eigenvalue weighted by Gasteiger charge is -2.33. The first-order valence-electron chi connectivity index (χ1n) is 10.8. The monoisotopic (exact) mass is 414 g/mol. The molecule has 2 fully saturated rings. The number of carbonyl (C=O) groups excluding carboxylic acids is 1. The molecule has 0 aliphatic carbocycles. The average molecular weight is 415 g/mol. The molecule has 162 valence electrons. The maximum atomic E-state index is 13.0. The Bertz CT molecular complexity index is 911. The van der Waals surface area contributed by atoms with Gasteiger partial charge in [-0.1, -0.05) is 12.1 Å². The van der Waals surface area contributed by atoms with Gasteiger partial charge in [0.1, 0.15) is 11.6 Å². The van der Waals surface area contributed by atoms with Crippen LogP contribution in [0.1, 0.15) is 54.4 Å². The average Bonchev–Trinajstić information content (AvgIpc) is 3.11. The molecule has 1 amide bonds. The third-order valence-electron chi connectivity index (χ3n) is 6.20. The number of carbonyl (C=O) groups is 1. The van der Waals surface area contributed by atoms with E-state index in [0.717, 1.165) is 44.0 Å². The van der Waals surface area contributed by atoms with Crippen molar-refractivity contribution in [2.75, 3.05) is 31.1 Å². The summed E-state index contributed by atoms with van der Waals surface area (Å²) in [5, 5.41) is 13.8. The number of nitrogens with zero attached hydrogens (tertiary/aromatic N) is 4. The van der Waals surface area contributed by atoms with Gasteiger partial charge in [-0.15, -0.1) is 0 Å². The van der Waals surface area contributed by atoms with Crippen LogP contribution in [0.5, 0.6) is 0 Å². The van der Waals surface area contributed by atoms with Crippen LogP contribution in [0.25, 0.3) is 0 Å². The molecule has 1 unspecified atom stereocenters. The maximum Gasteiger partial charge on any atom is 0.274 e. The van der Waals surface area contributed by atoms with Gasteiger partial charge < -0.3 is 14.7 Å². The maximum absolute atomic E-state index is 13.0. The Hall–Kier alpha value is -2.68. The first-order valence-corrected chi connectivity index (χ1v) is 10.8. The second kappa shape index (κ2) is 8.99. The van der Waals surface area contributed by atoms with Crippen molar-refractivity contribution in [1.29, 1.82) is 0 Å². The van der Waals surface area contributed by atoms with Gasteiger partial charge in [0.05, 0.1) is 0 Å². The molecule has 2 saturated heterocycles. The van der Waals surface area contributed by atoms with Crippen molar-refractivity contribution < 1.29 is 9.32 Å². The van der Waals surface area contributed by atoms with E-state index in [2.05, 4.69) is 37.4 Å². The standard InChI is InChI=1S/C21H30N6O3/c1-14-7-10-26(11-8-14)13-17-15(2)30-25-20(17)21(29)22-16-4-3-9-27(12-16)18-5-6-19(28)24-23-18/h5-6,14,16H,3-4,7-13H2,1-2H3,(H,22,29)(H,24,28). The summed E-state index contributed by atoms with van der Waals surface area (Å²) in [6.45, 7) is 8.41. The molecule has 4 rings (SSSR count). The number of hydrogen-bond donors (Lipinski definition) is 2. The van der Waals surface area contributed by atoms with E-state index in [0.29, 0.717) is 30.4 Å². The van der Waals surface area contributed by atoms with Crippen molar-refractivity contribution in [3.63, 3.8) is 0 Å². The van der Waals surface area contributed by atoms with Crippen LogP contribution in [0.2, 0.25) is 0 Å². The van der Waals surface area contributed by atoms with Gasteiger partial charge in [0.2, 0.25) is 0 Å². The molecule has 0 spiro atoms. The molecule has 9 nitrogen and oxygen atoms in total. The summed E-state index contributed by atoms with van der Waals surface area (Å²) >= 11 is 0. The van der Waals surface area contributed by atoms with Crippen LogP contribution >= 0.6 is 0 Å². The van der Waals surface area contributed by atoms with E-state index in [1.165, 1.54) is 18.9 Å². The van der Waals surface area contributed by atoms with Crippen molar-refractivity contribution in [3.8, 4) is 0 Å². The molecule has 0 radical (unpaired) electrons. The van der Waals surface area contributed by atoms with E-state index in [1.807, 2.05) is 6.92 Å². The van der Waals surface area contributed by atoms with Crippen molar-refractivity contribution in [1.82, 2.24) is 25.6 Å². The number of H-pyrrole nitrogens is 1. The van der Waals surface area contributed by atoms with Gasteiger partial charge in [0.15, 0.2) is 5.69 Å². The van der Waals surface area contributed by atoms with Crippen molar-refractivity contribution in [2.45, 2.75) is 52.1 Å². The summed E-state index contributed by atoms with van der Waals surface area (Å²) in [4.78, 5) is 28.7. The molecule has 4 heterocycles. The lowest BCUT2D eigenvalue weighted by molar-refractivity contribution is 0.0921. The van der Waals surface area contributed by atoms with Gasteiger partial charge >= 0.3 is 0 Å². The van der Waals surface area contributed by atoms with Crippen LogP contribution in [-0.4, -0.2) is 58.4 Å². The quantitative estimate of drug-likeness (QED) is 0.767. The topological polar surface area (TPSA) is 107 Å². The number of aromatic amines is 1. The SMILES string of the molecule is Cc1onc(C(=O)NC2CCCN(c3ccc(=O)[nH]n3)C2)c1CN1CCC(C)CC1. The van der Waals surface area contributed by atoms with Gasteiger partial charge in [0.25, 0.3) is 11.5 Å². The lowest BCUT2D eigenvalue weighted by atomic mass is 9.98. The molecular formula is C21H30N6O3. The highest BCUT2D eigenvalue weighted by atomic mass is 16.5. The number of nitrogens with one attached hydrogen (secondary N) is 2. The summed E-state index contributed by atoms with van der Waals surface area (Å²) in [6, 6.07) is 3.17. The van der Waals surface area contributed by atoms with E-state index < -0.39 is 0 Å². The molecule has 2 aromatic heterocycles. The Labute approximate surface area is 175 Å². The molecule has 1 atom stereocenters. The molecule has 2 N–H and O–H groups in total. The molecular weight excluding hydrogens is 384 g/mol. The van der Waals surface area contributed by atoms with E-state index in [4.69, 9.17) is 4.52 Å². The van der Waals surface area contributed by atoms with Crippen LogP contribution < -0.4 is 15.8 Å². The Morgan fingerprint density at radius 3 is 2.80 bits per heavy atom. The first-order chi connectivity index (χ1) is 14.5. The fourth-order valence-corrected chi connectivity index (χ4v) is 4.27. The number of rotatable bonds is 5. The number of hydrogen-bond acceptors (Lipinski definition) is 7. The third-order valence-corrected chi connectivity index (χ3v) is 6.20. The molecule has 0 aromatic carbocycles. The van der Waals surface area contributed by atoms with Crippen LogP contribution in [0.4, 0.5) is 5.82 Å². The Morgan fingerprint density at radius 2 is 2.07 bits per heavy atom. The smallest absolute Gasteiger partial charge is 0.274 e. The van der Waals surface area contributed by atoms with Gasteiger partial charge in [-0.3, -0.25) is 14.5 Å². The number of piperidine rings is 2. The largest absolute Gasteiger partial charge is 0.361 e. The fraction of sp³-hybridized carbons (Fsp3) is 0.619. The molecule has 2 aliphatic rings.